The normalized spacial score (nSPS) is 12.8. The van der Waals surface area contributed by atoms with Crippen LogP contribution in [0.5, 0.6) is 0 Å². The maximum atomic E-state index is 12.8. The highest BCUT2D eigenvalue weighted by atomic mass is 32.2. The summed E-state index contributed by atoms with van der Waals surface area (Å²) in [4.78, 5) is 18.7. The van der Waals surface area contributed by atoms with Crippen LogP contribution in [0, 0.1) is 0 Å². The summed E-state index contributed by atoms with van der Waals surface area (Å²) in [5.41, 5.74) is 3.50. The first kappa shape index (κ1) is 23.3. The van der Waals surface area contributed by atoms with Crippen molar-refractivity contribution < 1.29 is 13.6 Å². The van der Waals surface area contributed by atoms with E-state index in [-0.39, 0.29) is 11.9 Å². The van der Waals surface area contributed by atoms with Gasteiger partial charge in [0.25, 0.3) is 11.3 Å². The van der Waals surface area contributed by atoms with Gasteiger partial charge in [-0.3, -0.25) is 14.1 Å². The average Bonchev–Trinajstić information content (AvgIpc) is 3.51. The predicted molar refractivity (Wildman–Crippen MR) is 136 cm³/mol. The van der Waals surface area contributed by atoms with Crippen molar-refractivity contribution >= 4 is 45.5 Å². The highest BCUT2D eigenvalue weighted by Gasteiger charge is 2.19. The molecule has 33 heavy (non-hydrogen) atoms. The van der Waals surface area contributed by atoms with Crippen LogP contribution in [0.4, 0.5) is 5.69 Å². The summed E-state index contributed by atoms with van der Waals surface area (Å²) in [5.74, 6) is -0.0245. The molecule has 2 aromatic carbocycles. The van der Waals surface area contributed by atoms with Gasteiger partial charge < -0.3 is 5.32 Å². The molecule has 1 amide bonds. The topological polar surface area (TPSA) is 91.3 Å². The quantitative estimate of drug-likeness (QED) is 0.254. The molecule has 0 radical (unpaired) electrons. The highest BCUT2D eigenvalue weighted by molar-refractivity contribution is 7.80. The first-order valence-electron chi connectivity index (χ1n) is 10.4. The Hall–Kier alpha value is -2.85. The van der Waals surface area contributed by atoms with Gasteiger partial charge in [0.15, 0.2) is 0 Å². The van der Waals surface area contributed by atoms with Gasteiger partial charge in [-0.15, -0.1) is 22.7 Å². The molecule has 2 atom stereocenters. The fourth-order valence-corrected chi connectivity index (χ4v) is 5.43. The zero-order valence-corrected chi connectivity index (χ0v) is 20.1. The van der Waals surface area contributed by atoms with E-state index in [9.17, 15) is 9.00 Å². The van der Waals surface area contributed by atoms with Gasteiger partial charge in [-0.05, 0) is 47.5 Å². The van der Waals surface area contributed by atoms with Crippen molar-refractivity contribution in [3.8, 4) is 9.88 Å². The van der Waals surface area contributed by atoms with Crippen LogP contribution in [0.2, 0.25) is 0 Å². The number of carbonyl (C=O) groups is 1. The molecule has 4 rings (SSSR count). The van der Waals surface area contributed by atoms with Crippen LogP contribution in [0.3, 0.4) is 0 Å². The summed E-state index contributed by atoms with van der Waals surface area (Å²) >= 11 is 1.09. The molecule has 0 aliphatic carbocycles. The van der Waals surface area contributed by atoms with E-state index in [1.807, 2.05) is 65.4 Å². The van der Waals surface area contributed by atoms with Gasteiger partial charge in [0.05, 0.1) is 16.6 Å². The fourth-order valence-electron chi connectivity index (χ4n) is 3.40. The molecular weight excluding hydrogens is 474 g/mol. The zero-order valence-electron chi connectivity index (χ0n) is 17.6. The van der Waals surface area contributed by atoms with E-state index in [1.54, 1.807) is 34.8 Å². The maximum Gasteiger partial charge on any atom is 0.259 e. The van der Waals surface area contributed by atoms with Gasteiger partial charge in [0.2, 0.25) is 5.91 Å². The standard InChI is InChI=1S/C24H23N3O3S3/c28-23(13-10-17-5-2-1-3-6-17)25-20(15-18-8-11-19(12-9-18)27-33(29)30)21-16-32-24(26-21)22-7-4-14-31-22/h1-9,11-12,14,16,20,27H,10,13,15H2,(H,25,28)(H,29,30)/t20-/m0/s1. The smallest absolute Gasteiger partial charge is 0.259 e. The van der Waals surface area contributed by atoms with E-state index in [1.165, 1.54) is 0 Å². The first-order chi connectivity index (χ1) is 16.1. The van der Waals surface area contributed by atoms with Crippen LogP contribution in [0.25, 0.3) is 9.88 Å². The van der Waals surface area contributed by atoms with Crippen molar-refractivity contribution in [2.45, 2.75) is 25.3 Å². The van der Waals surface area contributed by atoms with Crippen molar-refractivity contribution in [2.75, 3.05) is 4.72 Å². The Labute approximate surface area is 203 Å². The van der Waals surface area contributed by atoms with Gasteiger partial charge in [-0.2, -0.15) is 0 Å². The number of nitrogens with zero attached hydrogens (tertiary/aromatic N) is 1. The number of aryl methyl sites for hydroxylation is 1. The third-order valence-corrected chi connectivity index (χ3v) is 7.34. The van der Waals surface area contributed by atoms with Gasteiger partial charge in [-0.25, -0.2) is 9.19 Å². The number of thiophene rings is 1. The van der Waals surface area contributed by atoms with E-state index in [2.05, 4.69) is 10.0 Å². The zero-order chi connectivity index (χ0) is 23.0. The molecule has 0 bridgehead atoms. The number of hydrogen-bond acceptors (Lipinski definition) is 5. The molecule has 9 heteroatoms. The Bertz CT molecular complexity index is 1190. The second-order valence-electron chi connectivity index (χ2n) is 7.41. The van der Waals surface area contributed by atoms with E-state index < -0.39 is 11.3 Å². The average molecular weight is 498 g/mol. The summed E-state index contributed by atoms with van der Waals surface area (Å²) in [6, 6.07) is 21.0. The van der Waals surface area contributed by atoms with E-state index in [0.29, 0.717) is 24.9 Å². The van der Waals surface area contributed by atoms with Crippen molar-refractivity contribution in [3.63, 3.8) is 0 Å². The number of carbonyl (C=O) groups excluding carboxylic acids is 1. The van der Waals surface area contributed by atoms with Crippen LogP contribution in [-0.4, -0.2) is 19.7 Å². The number of thiazole rings is 1. The maximum absolute atomic E-state index is 12.8. The number of nitrogens with one attached hydrogen (secondary N) is 2. The molecule has 2 aromatic heterocycles. The molecule has 0 aliphatic rings. The van der Waals surface area contributed by atoms with Gasteiger partial charge >= 0.3 is 0 Å². The van der Waals surface area contributed by atoms with E-state index >= 15 is 0 Å². The minimum atomic E-state index is -2.12. The fraction of sp³-hybridized carbons (Fsp3) is 0.167. The van der Waals surface area contributed by atoms with Gasteiger partial charge in [0, 0.05) is 17.5 Å². The third kappa shape index (κ3) is 6.82. The first-order valence-corrected chi connectivity index (χ1v) is 13.2. The molecule has 0 spiro atoms. The summed E-state index contributed by atoms with van der Waals surface area (Å²) in [7, 11) is 0. The number of amides is 1. The minimum absolute atomic E-state index is 0.0245. The molecule has 6 nitrogen and oxygen atoms in total. The SMILES string of the molecule is O=C(CCc1ccccc1)N[C@@H](Cc1ccc(NS(=O)O)cc1)c1csc(-c2cccs2)n1. The number of anilines is 1. The molecule has 170 valence electrons. The molecular formula is C24H23N3O3S3. The Balaban J connectivity index is 1.49. The number of hydrogen-bond donors (Lipinski definition) is 3. The summed E-state index contributed by atoms with van der Waals surface area (Å²) in [6.07, 6.45) is 1.64. The number of aromatic nitrogens is 1. The van der Waals surface area contributed by atoms with E-state index in [0.717, 1.165) is 26.7 Å². The lowest BCUT2D eigenvalue weighted by molar-refractivity contribution is -0.121. The van der Waals surface area contributed by atoms with Crippen molar-refractivity contribution in [1.29, 1.82) is 0 Å². The van der Waals surface area contributed by atoms with Crippen LogP contribution >= 0.6 is 22.7 Å². The van der Waals surface area contributed by atoms with Gasteiger partial charge in [-0.1, -0.05) is 48.5 Å². The second kappa shape index (κ2) is 11.3. The van der Waals surface area contributed by atoms with Crippen LogP contribution in [0.15, 0.2) is 77.5 Å². The minimum Gasteiger partial charge on any atom is -0.347 e. The van der Waals surface area contributed by atoms with Crippen molar-refractivity contribution in [1.82, 2.24) is 10.3 Å². The largest absolute Gasteiger partial charge is 0.347 e. The molecule has 4 aromatic rings. The molecule has 3 N–H and O–H groups in total. The number of benzene rings is 2. The number of rotatable bonds is 10. The molecule has 0 saturated heterocycles. The van der Waals surface area contributed by atoms with Crippen LogP contribution in [0.1, 0.15) is 29.3 Å². The Morgan fingerprint density at radius 3 is 2.48 bits per heavy atom. The lowest BCUT2D eigenvalue weighted by atomic mass is 10.0. The lowest BCUT2D eigenvalue weighted by Gasteiger charge is -2.18. The van der Waals surface area contributed by atoms with Crippen LogP contribution < -0.4 is 10.0 Å². The molecule has 0 saturated carbocycles. The molecule has 1 unspecified atom stereocenters. The summed E-state index contributed by atoms with van der Waals surface area (Å²) < 4.78 is 22.4. The van der Waals surface area contributed by atoms with Crippen LogP contribution in [-0.2, 0) is 28.9 Å². The molecule has 2 heterocycles. The molecule has 0 fully saturated rings. The molecule has 0 aliphatic heterocycles. The second-order valence-corrected chi connectivity index (χ2v) is 9.92. The van der Waals surface area contributed by atoms with E-state index in [4.69, 9.17) is 9.54 Å². The summed E-state index contributed by atoms with van der Waals surface area (Å²) in [6.45, 7) is 0. The Morgan fingerprint density at radius 2 is 1.79 bits per heavy atom. The highest BCUT2D eigenvalue weighted by Crippen LogP contribution is 2.31. The summed E-state index contributed by atoms with van der Waals surface area (Å²) in [5, 5.41) is 8.12. The monoisotopic (exact) mass is 497 g/mol. The van der Waals surface area contributed by atoms with Crippen molar-refractivity contribution in [2.24, 2.45) is 0 Å². The third-order valence-electron chi connectivity index (χ3n) is 5.03. The Morgan fingerprint density at radius 1 is 1.00 bits per heavy atom. The Kier molecular flexibility index (Phi) is 8.01. The van der Waals surface area contributed by atoms with Gasteiger partial charge in [0.1, 0.15) is 5.01 Å². The van der Waals surface area contributed by atoms with Crippen molar-refractivity contribution in [3.05, 3.63) is 94.3 Å². The predicted octanol–water partition coefficient (Wildman–Crippen LogP) is 5.45. The lowest BCUT2D eigenvalue weighted by Crippen LogP contribution is -2.30.